The molecular formula is C8H13Cl2N3O2. The number of rotatable bonds is 5. The van der Waals surface area contributed by atoms with Crippen molar-refractivity contribution in [2.75, 3.05) is 18.3 Å². The van der Waals surface area contributed by atoms with Crippen LogP contribution in [0.5, 0.6) is 0 Å². The van der Waals surface area contributed by atoms with E-state index in [1.807, 2.05) is 0 Å². The summed E-state index contributed by atoms with van der Waals surface area (Å²) in [6, 6.07) is -0.474. The van der Waals surface area contributed by atoms with Gasteiger partial charge in [0.05, 0.1) is 6.54 Å². The summed E-state index contributed by atoms with van der Waals surface area (Å²) in [5, 5.41) is 2.41. The SMILES string of the molecule is NC(CCCl)(CCCl)N1C(=O)CNC1=O. The predicted octanol–water partition coefficient (Wildman–Crippen LogP) is 0.451. The van der Waals surface area contributed by atoms with Crippen molar-refractivity contribution in [1.29, 1.82) is 0 Å². The third kappa shape index (κ3) is 2.53. The number of nitrogens with one attached hydrogen (secondary N) is 1. The van der Waals surface area contributed by atoms with Crippen molar-refractivity contribution in [3.8, 4) is 0 Å². The van der Waals surface area contributed by atoms with Crippen LogP contribution in [0.3, 0.4) is 0 Å². The van der Waals surface area contributed by atoms with E-state index in [1.54, 1.807) is 0 Å². The molecule has 3 amide bonds. The van der Waals surface area contributed by atoms with Crippen LogP contribution >= 0.6 is 23.2 Å². The fourth-order valence-electron chi connectivity index (χ4n) is 1.55. The molecule has 0 aromatic rings. The maximum Gasteiger partial charge on any atom is 0.326 e. The van der Waals surface area contributed by atoms with Crippen molar-refractivity contribution in [1.82, 2.24) is 10.2 Å². The van der Waals surface area contributed by atoms with E-state index in [9.17, 15) is 9.59 Å². The molecule has 5 nitrogen and oxygen atoms in total. The Morgan fingerprint density at radius 1 is 1.33 bits per heavy atom. The number of carbonyl (C=O) groups excluding carboxylic acids is 2. The van der Waals surface area contributed by atoms with Crippen LogP contribution < -0.4 is 11.1 Å². The molecular weight excluding hydrogens is 241 g/mol. The number of halogens is 2. The number of amides is 3. The highest BCUT2D eigenvalue weighted by atomic mass is 35.5. The van der Waals surface area contributed by atoms with Gasteiger partial charge in [-0.05, 0) is 12.8 Å². The lowest BCUT2D eigenvalue weighted by Crippen LogP contribution is -2.59. The lowest BCUT2D eigenvalue weighted by atomic mass is 10.0. The van der Waals surface area contributed by atoms with E-state index in [-0.39, 0.29) is 24.2 Å². The van der Waals surface area contributed by atoms with Crippen LogP contribution in [-0.4, -0.2) is 40.8 Å². The fraction of sp³-hybridized carbons (Fsp3) is 0.750. The van der Waals surface area contributed by atoms with E-state index in [0.29, 0.717) is 12.8 Å². The van der Waals surface area contributed by atoms with Gasteiger partial charge in [0.2, 0.25) is 0 Å². The minimum atomic E-state index is -1.07. The average Bonchev–Trinajstić information content (AvgIpc) is 2.47. The molecule has 1 aliphatic heterocycles. The number of nitrogens with two attached hydrogens (primary N) is 1. The highest BCUT2D eigenvalue weighted by Gasteiger charge is 2.43. The standard InChI is InChI=1S/C8H13Cl2N3O2/c9-3-1-8(11,2-4-10)13-6(14)5-12-7(13)15/h1-5,11H2,(H,12,15). The molecule has 0 spiro atoms. The molecule has 7 heteroatoms. The Morgan fingerprint density at radius 3 is 2.20 bits per heavy atom. The molecule has 0 unspecified atom stereocenters. The Labute approximate surface area is 97.9 Å². The van der Waals surface area contributed by atoms with Crippen LogP contribution in [0.1, 0.15) is 12.8 Å². The van der Waals surface area contributed by atoms with Crippen molar-refractivity contribution in [2.45, 2.75) is 18.5 Å². The number of carbonyl (C=O) groups is 2. The van der Waals surface area contributed by atoms with E-state index in [4.69, 9.17) is 28.9 Å². The summed E-state index contributed by atoms with van der Waals surface area (Å²) in [5.41, 5.74) is 4.91. The number of hydrogen-bond acceptors (Lipinski definition) is 3. The molecule has 0 saturated carbocycles. The van der Waals surface area contributed by atoms with Crippen LogP contribution in [0.25, 0.3) is 0 Å². The summed E-state index contributed by atoms with van der Waals surface area (Å²) < 4.78 is 0. The maximum absolute atomic E-state index is 11.5. The average molecular weight is 254 g/mol. The van der Waals surface area contributed by atoms with Gasteiger partial charge >= 0.3 is 6.03 Å². The second-order valence-electron chi connectivity index (χ2n) is 3.37. The lowest BCUT2D eigenvalue weighted by molar-refractivity contribution is -0.129. The van der Waals surface area contributed by atoms with Crippen molar-refractivity contribution < 1.29 is 9.59 Å². The van der Waals surface area contributed by atoms with E-state index in [2.05, 4.69) is 5.32 Å². The molecule has 0 bridgehead atoms. The number of alkyl halides is 2. The minimum Gasteiger partial charge on any atom is -0.328 e. The summed E-state index contributed by atoms with van der Waals surface area (Å²) >= 11 is 11.2. The first-order valence-corrected chi connectivity index (χ1v) is 5.64. The van der Waals surface area contributed by atoms with Crippen molar-refractivity contribution in [3.05, 3.63) is 0 Å². The molecule has 0 radical (unpaired) electrons. The first-order chi connectivity index (χ1) is 7.05. The molecule has 0 aromatic heterocycles. The Morgan fingerprint density at radius 2 is 1.87 bits per heavy atom. The molecule has 3 N–H and O–H groups in total. The third-order valence-electron chi connectivity index (χ3n) is 2.34. The van der Waals surface area contributed by atoms with Crippen LogP contribution in [0.4, 0.5) is 4.79 Å². The molecule has 1 rings (SSSR count). The Bertz CT molecular complexity index is 251. The first-order valence-electron chi connectivity index (χ1n) is 4.57. The van der Waals surface area contributed by atoms with E-state index >= 15 is 0 Å². The Balaban J connectivity index is 2.86. The predicted molar refractivity (Wildman–Crippen MR) is 57.8 cm³/mol. The highest BCUT2D eigenvalue weighted by Crippen LogP contribution is 2.22. The van der Waals surface area contributed by atoms with Gasteiger partial charge in [0.1, 0.15) is 5.66 Å². The summed E-state index contributed by atoms with van der Waals surface area (Å²) in [7, 11) is 0. The zero-order valence-electron chi connectivity index (χ0n) is 8.13. The first kappa shape index (κ1) is 12.5. The highest BCUT2D eigenvalue weighted by molar-refractivity contribution is 6.18. The van der Waals surface area contributed by atoms with Crippen LogP contribution in [-0.2, 0) is 4.79 Å². The van der Waals surface area contributed by atoms with E-state index in [1.165, 1.54) is 0 Å². The van der Waals surface area contributed by atoms with Gasteiger partial charge in [-0.1, -0.05) is 0 Å². The third-order valence-corrected chi connectivity index (χ3v) is 2.72. The van der Waals surface area contributed by atoms with Gasteiger partial charge in [-0.15, -0.1) is 23.2 Å². The number of hydrogen-bond donors (Lipinski definition) is 2. The molecule has 0 atom stereocenters. The smallest absolute Gasteiger partial charge is 0.326 e. The van der Waals surface area contributed by atoms with E-state index < -0.39 is 11.7 Å². The van der Waals surface area contributed by atoms with Crippen LogP contribution in [0, 0.1) is 0 Å². The summed E-state index contributed by atoms with van der Waals surface area (Å²) in [5.74, 6) is 0.201. The number of imide groups is 1. The monoisotopic (exact) mass is 253 g/mol. The fourth-order valence-corrected chi connectivity index (χ4v) is 2.20. The molecule has 1 aliphatic rings. The van der Waals surface area contributed by atoms with Gasteiger partial charge in [-0.2, -0.15) is 0 Å². The normalized spacial score (nSPS) is 17.1. The molecule has 15 heavy (non-hydrogen) atoms. The largest absolute Gasteiger partial charge is 0.328 e. The molecule has 1 fully saturated rings. The molecule has 1 saturated heterocycles. The van der Waals surface area contributed by atoms with Crippen molar-refractivity contribution in [2.24, 2.45) is 5.73 Å². The Kier molecular flexibility index (Phi) is 4.19. The Hall–Kier alpha value is -0.520. The number of nitrogens with zero attached hydrogens (tertiary/aromatic N) is 1. The van der Waals surface area contributed by atoms with Gasteiger partial charge in [0, 0.05) is 11.8 Å². The van der Waals surface area contributed by atoms with Gasteiger partial charge < -0.3 is 11.1 Å². The number of urea groups is 1. The molecule has 1 heterocycles. The van der Waals surface area contributed by atoms with Crippen molar-refractivity contribution in [3.63, 3.8) is 0 Å². The van der Waals surface area contributed by atoms with Crippen molar-refractivity contribution >= 4 is 35.1 Å². The van der Waals surface area contributed by atoms with Gasteiger partial charge in [-0.25, -0.2) is 9.69 Å². The molecule has 86 valence electrons. The summed E-state index contributed by atoms with van der Waals surface area (Å²) in [6.45, 7) is -0.0116. The van der Waals surface area contributed by atoms with Gasteiger partial charge in [-0.3, -0.25) is 4.79 Å². The van der Waals surface area contributed by atoms with Crippen LogP contribution in [0.2, 0.25) is 0 Å². The zero-order valence-corrected chi connectivity index (χ0v) is 9.64. The quantitative estimate of drug-likeness (QED) is 0.552. The molecule has 0 aromatic carbocycles. The summed E-state index contributed by atoms with van der Waals surface area (Å²) in [4.78, 5) is 23.9. The van der Waals surface area contributed by atoms with Gasteiger partial charge in [0.25, 0.3) is 5.91 Å². The zero-order chi connectivity index (χ0) is 11.5. The maximum atomic E-state index is 11.5. The van der Waals surface area contributed by atoms with E-state index in [0.717, 1.165) is 4.90 Å². The van der Waals surface area contributed by atoms with Gasteiger partial charge in [0.15, 0.2) is 0 Å². The topological polar surface area (TPSA) is 75.4 Å². The molecule has 0 aliphatic carbocycles. The lowest BCUT2D eigenvalue weighted by Gasteiger charge is -2.35. The summed E-state index contributed by atoms with van der Waals surface area (Å²) in [6.07, 6.45) is 0.668. The second-order valence-corrected chi connectivity index (χ2v) is 4.13. The minimum absolute atomic E-state index is 0.0116. The van der Waals surface area contributed by atoms with Crippen LogP contribution in [0.15, 0.2) is 0 Å². The second kappa shape index (κ2) is 5.01.